The number of Topliss-reactive ketones (excluding diaryl/α,β-unsaturated/α-hetero) is 1. The number of carbonyl (C=O) groups excluding carboxylic acids is 2. The van der Waals surface area contributed by atoms with Crippen LogP contribution in [-0.2, 0) is 21.4 Å². The Balaban J connectivity index is 1.33. The summed E-state index contributed by atoms with van der Waals surface area (Å²) in [6.07, 6.45) is 13.1. The third-order valence-electron chi connectivity index (χ3n) is 8.98. The molecular weight excluding hydrogens is 454 g/mol. The van der Waals surface area contributed by atoms with Crippen molar-refractivity contribution in [2.45, 2.75) is 100 Å². The fourth-order valence-electron chi connectivity index (χ4n) is 7.31. The summed E-state index contributed by atoms with van der Waals surface area (Å²) in [6.45, 7) is 9.12. The van der Waals surface area contributed by atoms with Crippen LogP contribution in [0.4, 0.5) is 0 Å². The summed E-state index contributed by atoms with van der Waals surface area (Å²) in [6, 6.07) is 3.72. The molecule has 0 radical (unpaired) electrons. The van der Waals surface area contributed by atoms with E-state index in [1.165, 1.54) is 19.3 Å². The standard InChI is InChI=1S/C30H39NO5/c1-3-5-6-7-8-9-10-11-12-25(33)35-23-14-13-21-20-24-30(34)16-15-22(32)28-29(30,26(21)27(23)36-28)17-19-31(24)18-4-2/h3-4,13-14,24,28,34H,1-2,5-12,15-20H2/t24-,28-,29+,30-/m1/s1. The number of nitrogens with zero attached hydrogens (tertiary/aromatic N) is 1. The van der Waals surface area contributed by atoms with E-state index in [9.17, 15) is 14.7 Å². The van der Waals surface area contributed by atoms with Crippen LogP contribution in [0, 0.1) is 0 Å². The molecule has 1 saturated heterocycles. The van der Waals surface area contributed by atoms with E-state index in [1.807, 2.05) is 24.3 Å². The first-order valence-corrected chi connectivity index (χ1v) is 13.7. The summed E-state index contributed by atoms with van der Waals surface area (Å²) in [7, 11) is 0. The van der Waals surface area contributed by atoms with Crippen molar-refractivity contribution in [3.8, 4) is 11.5 Å². The molecule has 6 nitrogen and oxygen atoms in total. The van der Waals surface area contributed by atoms with Crippen molar-refractivity contribution in [1.29, 1.82) is 0 Å². The minimum Gasteiger partial charge on any atom is -0.477 e. The molecule has 2 heterocycles. The fraction of sp³-hybridized carbons (Fsp3) is 0.600. The molecule has 1 aromatic rings. The van der Waals surface area contributed by atoms with Gasteiger partial charge < -0.3 is 14.6 Å². The number of rotatable bonds is 12. The van der Waals surface area contributed by atoms with E-state index >= 15 is 0 Å². The number of hydrogen-bond acceptors (Lipinski definition) is 6. The van der Waals surface area contributed by atoms with Crippen molar-refractivity contribution in [3.63, 3.8) is 0 Å². The van der Waals surface area contributed by atoms with E-state index in [1.54, 1.807) is 0 Å². The number of ether oxygens (including phenoxy) is 2. The highest BCUT2D eigenvalue weighted by atomic mass is 16.6. The number of carbonyl (C=O) groups is 2. The Morgan fingerprint density at radius 2 is 1.92 bits per heavy atom. The third kappa shape index (κ3) is 3.93. The number of esters is 1. The quantitative estimate of drug-likeness (QED) is 0.195. The number of ketones is 1. The first-order valence-electron chi connectivity index (χ1n) is 13.7. The van der Waals surface area contributed by atoms with Gasteiger partial charge in [-0.1, -0.05) is 43.9 Å². The molecule has 1 aromatic carbocycles. The van der Waals surface area contributed by atoms with Crippen molar-refractivity contribution in [3.05, 3.63) is 48.6 Å². The Hall–Kier alpha value is -2.44. The lowest BCUT2D eigenvalue weighted by molar-refractivity contribution is -0.187. The molecule has 194 valence electrons. The average Bonchev–Trinajstić information content (AvgIpc) is 3.22. The van der Waals surface area contributed by atoms with E-state index in [-0.39, 0.29) is 17.8 Å². The molecular formula is C30H39NO5. The first kappa shape index (κ1) is 25.2. The predicted molar refractivity (Wildman–Crippen MR) is 138 cm³/mol. The maximum atomic E-state index is 13.1. The molecule has 2 aliphatic heterocycles. The Morgan fingerprint density at radius 3 is 2.69 bits per heavy atom. The van der Waals surface area contributed by atoms with Crippen molar-refractivity contribution >= 4 is 11.8 Å². The maximum Gasteiger partial charge on any atom is 0.311 e. The molecule has 4 aliphatic rings. The van der Waals surface area contributed by atoms with Gasteiger partial charge in [0.1, 0.15) is 0 Å². The summed E-state index contributed by atoms with van der Waals surface area (Å²) in [5.74, 6) is 0.640. The minimum absolute atomic E-state index is 0.0324. The van der Waals surface area contributed by atoms with Gasteiger partial charge in [0.15, 0.2) is 23.4 Å². The van der Waals surface area contributed by atoms with Gasteiger partial charge in [0.05, 0.1) is 11.0 Å². The highest BCUT2D eigenvalue weighted by molar-refractivity contribution is 5.90. The second kappa shape index (κ2) is 10.1. The third-order valence-corrected chi connectivity index (χ3v) is 8.98. The second-order valence-corrected chi connectivity index (χ2v) is 11.0. The van der Waals surface area contributed by atoms with Gasteiger partial charge >= 0.3 is 5.97 Å². The lowest BCUT2D eigenvalue weighted by Crippen LogP contribution is -2.76. The van der Waals surface area contributed by atoms with Gasteiger partial charge in [-0.15, -0.1) is 13.2 Å². The van der Waals surface area contributed by atoms with Gasteiger partial charge in [-0.3, -0.25) is 14.5 Å². The van der Waals surface area contributed by atoms with E-state index < -0.39 is 17.1 Å². The lowest BCUT2D eigenvalue weighted by Gasteiger charge is -2.62. The van der Waals surface area contributed by atoms with Crippen molar-refractivity contribution < 1.29 is 24.2 Å². The van der Waals surface area contributed by atoms with E-state index in [0.29, 0.717) is 50.1 Å². The van der Waals surface area contributed by atoms with Crippen LogP contribution >= 0.6 is 0 Å². The molecule has 36 heavy (non-hydrogen) atoms. The summed E-state index contributed by atoms with van der Waals surface area (Å²) in [5.41, 5.74) is 0.158. The molecule has 5 rings (SSSR count). The first-order chi connectivity index (χ1) is 17.5. The number of piperidine rings is 1. The molecule has 4 atom stereocenters. The molecule has 1 spiro atoms. The van der Waals surface area contributed by atoms with Gasteiger partial charge in [-0.25, -0.2) is 0 Å². The molecule has 0 aromatic heterocycles. The lowest BCUT2D eigenvalue weighted by atomic mass is 9.49. The van der Waals surface area contributed by atoms with Crippen LogP contribution in [-0.4, -0.2) is 52.6 Å². The zero-order valence-corrected chi connectivity index (χ0v) is 21.3. The molecule has 6 heteroatoms. The summed E-state index contributed by atoms with van der Waals surface area (Å²) >= 11 is 0. The molecule has 0 unspecified atom stereocenters. The summed E-state index contributed by atoms with van der Waals surface area (Å²) in [5, 5.41) is 12.2. The number of benzene rings is 1. The highest BCUT2D eigenvalue weighted by Gasteiger charge is 2.73. The smallest absolute Gasteiger partial charge is 0.311 e. The topological polar surface area (TPSA) is 76.1 Å². The predicted octanol–water partition coefficient (Wildman–Crippen LogP) is 4.81. The monoisotopic (exact) mass is 493 g/mol. The number of hydrogen-bond donors (Lipinski definition) is 1. The molecule has 2 aliphatic carbocycles. The number of unbranched alkanes of at least 4 members (excludes halogenated alkanes) is 6. The summed E-state index contributed by atoms with van der Waals surface area (Å²) < 4.78 is 12.1. The highest BCUT2D eigenvalue weighted by Crippen LogP contribution is 2.64. The van der Waals surface area contributed by atoms with E-state index in [2.05, 4.69) is 18.1 Å². The van der Waals surface area contributed by atoms with Crippen LogP contribution in [0.2, 0.25) is 0 Å². The molecule has 2 bridgehead atoms. The van der Waals surface area contributed by atoms with Gasteiger partial charge in [-0.2, -0.15) is 0 Å². The van der Waals surface area contributed by atoms with Crippen LogP contribution in [0.25, 0.3) is 0 Å². The summed E-state index contributed by atoms with van der Waals surface area (Å²) in [4.78, 5) is 28.1. The zero-order valence-electron chi connectivity index (χ0n) is 21.3. The van der Waals surface area contributed by atoms with E-state index in [4.69, 9.17) is 9.47 Å². The molecule has 2 fully saturated rings. The van der Waals surface area contributed by atoms with E-state index in [0.717, 1.165) is 43.4 Å². The molecule has 1 saturated carbocycles. The Kier molecular flexibility index (Phi) is 7.10. The van der Waals surface area contributed by atoms with Gasteiger partial charge in [0.25, 0.3) is 0 Å². The van der Waals surface area contributed by atoms with Crippen LogP contribution < -0.4 is 9.47 Å². The normalized spacial score (nSPS) is 29.9. The average molecular weight is 494 g/mol. The molecule has 0 amide bonds. The Morgan fingerprint density at radius 1 is 1.14 bits per heavy atom. The van der Waals surface area contributed by atoms with Crippen LogP contribution in [0.3, 0.4) is 0 Å². The van der Waals surface area contributed by atoms with Crippen molar-refractivity contribution in [2.24, 2.45) is 0 Å². The number of aliphatic hydroxyl groups is 1. The Labute approximate surface area is 214 Å². The SMILES string of the molecule is C=CCCCCCCCCC(=O)Oc1ccc2c3c1O[C@@H]1C(=O)CC[C@@]4(O)[C@@H](C2)N(CC=C)CC[C@]314. The maximum absolute atomic E-state index is 13.1. The van der Waals surface area contributed by atoms with Gasteiger partial charge in [-0.05, 0) is 50.2 Å². The van der Waals surface area contributed by atoms with Crippen LogP contribution in [0.15, 0.2) is 37.4 Å². The van der Waals surface area contributed by atoms with Gasteiger partial charge in [0.2, 0.25) is 0 Å². The van der Waals surface area contributed by atoms with Crippen LogP contribution in [0.1, 0.15) is 81.8 Å². The van der Waals surface area contributed by atoms with Crippen molar-refractivity contribution in [1.82, 2.24) is 4.90 Å². The Bertz CT molecular complexity index is 1050. The molecule has 1 N–H and O–H groups in total. The van der Waals surface area contributed by atoms with Crippen molar-refractivity contribution in [2.75, 3.05) is 13.1 Å². The van der Waals surface area contributed by atoms with Gasteiger partial charge in [0, 0.05) is 37.5 Å². The fourth-order valence-corrected chi connectivity index (χ4v) is 7.31. The number of likely N-dealkylation sites (tertiary alicyclic amines) is 1. The second-order valence-electron chi connectivity index (χ2n) is 11.0. The largest absolute Gasteiger partial charge is 0.477 e. The minimum atomic E-state index is -1.06. The van der Waals surface area contributed by atoms with Crippen LogP contribution in [0.5, 0.6) is 11.5 Å². The number of allylic oxidation sites excluding steroid dienone is 1. The zero-order chi connectivity index (χ0) is 25.3.